The van der Waals surface area contributed by atoms with Gasteiger partial charge in [-0.3, -0.25) is 9.97 Å². The molecule has 0 bridgehead atoms. The van der Waals surface area contributed by atoms with Gasteiger partial charge in [-0.15, -0.1) is 0 Å². The summed E-state index contributed by atoms with van der Waals surface area (Å²) in [7, 11) is 0. The molecule has 0 aliphatic heterocycles. The molecular weight excluding hydrogens is 266 g/mol. The summed E-state index contributed by atoms with van der Waals surface area (Å²) < 4.78 is 0. The Kier molecular flexibility index (Phi) is 4.33. The Balaban J connectivity index is 2.48. The van der Waals surface area contributed by atoms with E-state index in [1.165, 1.54) is 6.20 Å². The molecule has 0 amide bonds. The summed E-state index contributed by atoms with van der Waals surface area (Å²) in [6.45, 7) is 7.82. The van der Waals surface area contributed by atoms with Crippen molar-refractivity contribution in [1.82, 2.24) is 9.97 Å². The zero-order chi connectivity index (χ0) is 15.4. The van der Waals surface area contributed by atoms with Crippen molar-refractivity contribution in [3.05, 3.63) is 54.1 Å². The number of hydrogen-bond donors (Lipinski definition) is 2. The summed E-state index contributed by atoms with van der Waals surface area (Å²) in [5.74, 6) is -0.760. The number of anilines is 2. The van der Waals surface area contributed by atoms with Crippen LogP contribution < -0.4 is 5.32 Å². The van der Waals surface area contributed by atoms with Crippen LogP contribution in [-0.4, -0.2) is 21.0 Å². The third kappa shape index (κ3) is 3.25. The molecule has 21 heavy (non-hydrogen) atoms. The molecule has 2 heterocycles. The van der Waals surface area contributed by atoms with Crippen LogP contribution in [0.4, 0.5) is 11.4 Å². The lowest BCUT2D eigenvalue weighted by atomic mass is 10.0. The highest BCUT2D eigenvalue weighted by Crippen LogP contribution is 2.28. The summed E-state index contributed by atoms with van der Waals surface area (Å²) in [5, 5.41) is 12.4. The predicted molar refractivity (Wildman–Crippen MR) is 82.9 cm³/mol. The van der Waals surface area contributed by atoms with E-state index >= 15 is 0 Å². The van der Waals surface area contributed by atoms with Gasteiger partial charge in [0.1, 0.15) is 5.56 Å². The minimum atomic E-state index is -1.02. The Labute approximate surface area is 123 Å². The molecule has 0 spiro atoms. The predicted octanol–water partition coefficient (Wildman–Crippen LogP) is 3.68. The summed E-state index contributed by atoms with van der Waals surface area (Å²) in [6, 6.07) is 3.50. The van der Waals surface area contributed by atoms with Gasteiger partial charge in [-0.1, -0.05) is 20.4 Å². The van der Waals surface area contributed by atoms with Crippen molar-refractivity contribution in [3.63, 3.8) is 0 Å². The van der Waals surface area contributed by atoms with Crippen LogP contribution in [0.2, 0.25) is 0 Å². The van der Waals surface area contributed by atoms with Crippen LogP contribution in [0.3, 0.4) is 0 Å². The van der Waals surface area contributed by atoms with Crippen LogP contribution >= 0.6 is 0 Å². The molecule has 0 unspecified atom stereocenters. The van der Waals surface area contributed by atoms with Crippen molar-refractivity contribution in [2.45, 2.75) is 19.8 Å². The third-order valence-corrected chi connectivity index (χ3v) is 3.11. The smallest absolute Gasteiger partial charge is 0.339 e. The number of pyridine rings is 2. The monoisotopic (exact) mass is 283 g/mol. The van der Waals surface area contributed by atoms with Gasteiger partial charge >= 0.3 is 5.97 Å². The quantitative estimate of drug-likeness (QED) is 0.875. The van der Waals surface area contributed by atoms with Crippen molar-refractivity contribution in [3.8, 4) is 0 Å². The van der Waals surface area contributed by atoms with E-state index in [0.29, 0.717) is 5.69 Å². The van der Waals surface area contributed by atoms with Gasteiger partial charge in [-0.2, -0.15) is 0 Å². The summed E-state index contributed by atoms with van der Waals surface area (Å²) in [4.78, 5) is 19.4. The van der Waals surface area contributed by atoms with Gasteiger partial charge in [0.25, 0.3) is 0 Å². The van der Waals surface area contributed by atoms with Crippen LogP contribution in [0.5, 0.6) is 0 Å². The Bertz CT molecular complexity index is 681. The molecule has 0 aliphatic rings. The van der Waals surface area contributed by atoms with E-state index in [4.69, 9.17) is 0 Å². The van der Waals surface area contributed by atoms with Crippen molar-refractivity contribution in [2.24, 2.45) is 0 Å². The number of aromatic carboxylic acids is 1. The van der Waals surface area contributed by atoms with E-state index in [0.717, 1.165) is 16.9 Å². The summed E-state index contributed by atoms with van der Waals surface area (Å²) in [6.07, 6.45) is 6.32. The van der Waals surface area contributed by atoms with Crippen LogP contribution in [0.15, 0.2) is 37.3 Å². The maximum absolute atomic E-state index is 11.2. The lowest BCUT2D eigenvalue weighted by molar-refractivity contribution is 0.0697. The molecule has 0 saturated heterocycles. The SMILES string of the molecule is C=Cc1cc(Nc2ccncc2C(=O)O)c(C(C)C)cn1. The summed E-state index contributed by atoms with van der Waals surface area (Å²) >= 11 is 0. The second-order valence-corrected chi connectivity index (χ2v) is 4.91. The Morgan fingerprint density at radius 3 is 2.76 bits per heavy atom. The highest BCUT2D eigenvalue weighted by Gasteiger charge is 2.13. The molecule has 108 valence electrons. The van der Waals surface area contributed by atoms with E-state index in [2.05, 4.69) is 35.7 Å². The Hall–Kier alpha value is -2.69. The minimum absolute atomic E-state index is 0.129. The molecule has 2 N–H and O–H groups in total. The first kappa shape index (κ1) is 14.7. The molecule has 0 atom stereocenters. The first-order valence-electron chi connectivity index (χ1n) is 6.59. The molecule has 5 nitrogen and oxygen atoms in total. The normalized spacial score (nSPS) is 10.4. The Morgan fingerprint density at radius 1 is 1.38 bits per heavy atom. The first-order valence-corrected chi connectivity index (χ1v) is 6.59. The topological polar surface area (TPSA) is 75.1 Å². The number of aromatic nitrogens is 2. The number of carbonyl (C=O) groups is 1. The van der Waals surface area contributed by atoms with Gasteiger partial charge in [-0.05, 0) is 29.7 Å². The molecule has 0 radical (unpaired) electrons. The van der Waals surface area contributed by atoms with Crippen LogP contribution in [0.1, 0.15) is 41.4 Å². The van der Waals surface area contributed by atoms with Crippen molar-refractivity contribution >= 4 is 23.4 Å². The zero-order valence-corrected chi connectivity index (χ0v) is 12.0. The second kappa shape index (κ2) is 6.17. The molecular formula is C16H17N3O2. The van der Waals surface area contributed by atoms with Crippen LogP contribution in [-0.2, 0) is 0 Å². The number of carboxylic acid groups (broad SMARTS) is 1. The van der Waals surface area contributed by atoms with Gasteiger partial charge in [0, 0.05) is 24.3 Å². The van der Waals surface area contributed by atoms with Crippen molar-refractivity contribution in [1.29, 1.82) is 0 Å². The maximum atomic E-state index is 11.2. The highest BCUT2D eigenvalue weighted by atomic mass is 16.4. The van der Waals surface area contributed by atoms with Crippen molar-refractivity contribution in [2.75, 3.05) is 5.32 Å². The van der Waals surface area contributed by atoms with Crippen LogP contribution in [0, 0.1) is 0 Å². The van der Waals surface area contributed by atoms with Gasteiger partial charge in [0.15, 0.2) is 0 Å². The number of hydrogen-bond acceptors (Lipinski definition) is 4. The van der Waals surface area contributed by atoms with Gasteiger partial charge in [-0.25, -0.2) is 4.79 Å². The maximum Gasteiger partial charge on any atom is 0.339 e. The second-order valence-electron chi connectivity index (χ2n) is 4.91. The fourth-order valence-electron chi connectivity index (χ4n) is 1.98. The van der Waals surface area contributed by atoms with Gasteiger partial charge < -0.3 is 10.4 Å². The molecule has 2 rings (SSSR count). The van der Waals surface area contributed by atoms with E-state index in [1.807, 2.05) is 6.07 Å². The molecule has 0 fully saturated rings. The average Bonchev–Trinajstić information content (AvgIpc) is 2.47. The van der Waals surface area contributed by atoms with Crippen molar-refractivity contribution < 1.29 is 9.90 Å². The van der Waals surface area contributed by atoms with E-state index in [-0.39, 0.29) is 11.5 Å². The van der Waals surface area contributed by atoms with E-state index in [1.54, 1.807) is 24.5 Å². The lowest BCUT2D eigenvalue weighted by Gasteiger charge is -2.16. The largest absolute Gasteiger partial charge is 0.478 e. The molecule has 0 saturated carbocycles. The van der Waals surface area contributed by atoms with E-state index in [9.17, 15) is 9.90 Å². The Morgan fingerprint density at radius 2 is 2.14 bits per heavy atom. The minimum Gasteiger partial charge on any atom is -0.478 e. The standard InChI is InChI=1S/C16H17N3O2/c1-4-11-7-15(12(9-18-11)10(2)3)19-14-5-6-17-8-13(14)16(20)21/h4-10H,1H2,2-3H3,(H,20,21)(H,17,18,19). The fourth-order valence-corrected chi connectivity index (χ4v) is 1.98. The van der Waals surface area contributed by atoms with Crippen LogP contribution in [0.25, 0.3) is 6.08 Å². The third-order valence-electron chi connectivity index (χ3n) is 3.11. The van der Waals surface area contributed by atoms with Gasteiger partial charge in [0.05, 0.1) is 11.4 Å². The average molecular weight is 283 g/mol. The molecule has 5 heteroatoms. The number of nitrogens with zero attached hydrogens (tertiary/aromatic N) is 2. The molecule has 0 aromatic carbocycles. The summed E-state index contributed by atoms with van der Waals surface area (Å²) in [5.41, 5.74) is 3.19. The molecule has 2 aromatic heterocycles. The van der Waals surface area contributed by atoms with Gasteiger partial charge in [0.2, 0.25) is 0 Å². The van der Waals surface area contributed by atoms with E-state index < -0.39 is 5.97 Å². The number of nitrogens with one attached hydrogen (secondary N) is 1. The molecule has 2 aromatic rings. The number of carboxylic acids is 1. The fraction of sp³-hybridized carbons (Fsp3) is 0.188. The first-order chi connectivity index (χ1) is 10.0. The zero-order valence-electron chi connectivity index (χ0n) is 12.0. The lowest BCUT2D eigenvalue weighted by Crippen LogP contribution is -2.06. The highest BCUT2D eigenvalue weighted by molar-refractivity contribution is 5.94. The molecule has 0 aliphatic carbocycles. The number of rotatable bonds is 5.